The molecule has 0 aliphatic carbocycles. The van der Waals surface area contributed by atoms with Gasteiger partial charge in [-0.05, 0) is 32.2 Å². The number of likely N-dealkylation sites (tertiary alicyclic amines) is 1. The normalized spacial score (nSPS) is 24.0. The Kier molecular flexibility index (Phi) is 7.15. The lowest BCUT2D eigenvalue weighted by Gasteiger charge is -2.36. The molecule has 132 valence electrons. The first-order chi connectivity index (χ1) is 11.1. The van der Waals surface area contributed by atoms with E-state index in [-0.39, 0.29) is 5.91 Å². The second kappa shape index (κ2) is 9.11. The minimum absolute atomic E-state index is 0.172. The van der Waals surface area contributed by atoms with Crippen molar-refractivity contribution in [2.45, 2.75) is 33.6 Å². The molecule has 0 aromatic carbocycles. The van der Waals surface area contributed by atoms with E-state index in [1.807, 2.05) is 4.90 Å². The number of guanidine groups is 1. The summed E-state index contributed by atoms with van der Waals surface area (Å²) in [7, 11) is 0. The third-order valence-electron chi connectivity index (χ3n) is 4.78. The highest BCUT2D eigenvalue weighted by atomic mass is 16.2. The van der Waals surface area contributed by atoms with Gasteiger partial charge < -0.3 is 20.0 Å². The lowest BCUT2D eigenvalue weighted by Crippen LogP contribution is -2.53. The minimum Gasteiger partial charge on any atom is -0.357 e. The van der Waals surface area contributed by atoms with E-state index in [1.165, 1.54) is 25.9 Å². The molecule has 2 heterocycles. The Morgan fingerprint density at radius 1 is 1.17 bits per heavy atom. The molecular weight excluding hydrogens is 290 g/mol. The van der Waals surface area contributed by atoms with Gasteiger partial charge in [-0.3, -0.25) is 9.79 Å². The summed E-state index contributed by atoms with van der Waals surface area (Å²) in [6, 6.07) is 0. The Balaban J connectivity index is 1.81. The first-order valence-electron chi connectivity index (χ1n) is 9.11. The molecule has 2 aliphatic rings. The molecule has 2 aliphatic heterocycles. The molecular formula is C17H33N5O. The van der Waals surface area contributed by atoms with Gasteiger partial charge >= 0.3 is 0 Å². The van der Waals surface area contributed by atoms with Crippen LogP contribution in [0.5, 0.6) is 0 Å². The van der Waals surface area contributed by atoms with Gasteiger partial charge in [0, 0.05) is 52.7 Å². The van der Waals surface area contributed by atoms with E-state index in [1.54, 1.807) is 6.92 Å². The fourth-order valence-corrected chi connectivity index (χ4v) is 3.45. The molecule has 23 heavy (non-hydrogen) atoms. The zero-order valence-electron chi connectivity index (χ0n) is 15.1. The van der Waals surface area contributed by atoms with Gasteiger partial charge in [-0.25, -0.2) is 0 Å². The summed E-state index contributed by atoms with van der Waals surface area (Å²) in [4.78, 5) is 23.0. The molecule has 0 bridgehead atoms. The molecule has 2 rings (SSSR count). The molecule has 0 aromatic rings. The van der Waals surface area contributed by atoms with Crippen LogP contribution in [0, 0.1) is 5.92 Å². The summed E-state index contributed by atoms with van der Waals surface area (Å²) in [5.74, 6) is 1.99. The van der Waals surface area contributed by atoms with Crippen LogP contribution in [0.2, 0.25) is 0 Å². The number of nitrogens with zero attached hydrogens (tertiary/aromatic N) is 4. The number of aliphatic imine (C=N–C) groups is 1. The fourth-order valence-electron chi connectivity index (χ4n) is 3.45. The standard InChI is InChI=1S/C17H33N5O/c1-4-18-17(22-12-10-21(11-13-22)16(3)23)19-7-9-20-8-5-6-15(2)14-20/h15H,4-14H2,1-3H3,(H,18,19). The van der Waals surface area contributed by atoms with E-state index < -0.39 is 0 Å². The molecule has 2 saturated heterocycles. The molecule has 2 fully saturated rings. The molecule has 0 saturated carbocycles. The highest BCUT2D eigenvalue weighted by molar-refractivity contribution is 5.80. The lowest BCUT2D eigenvalue weighted by atomic mass is 10.0. The van der Waals surface area contributed by atoms with E-state index in [0.717, 1.165) is 57.7 Å². The lowest BCUT2D eigenvalue weighted by molar-refractivity contribution is -0.130. The topological polar surface area (TPSA) is 51.2 Å². The Hall–Kier alpha value is -1.30. The van der Waals surface area contributed by atoms with Gasteiger partial charge in [0.15, 0.2) is 5.96 Å². The number of piperazine rings is 1. The minimum atomic E-state index is 0.172. The number of carbonyl (C=O) groups excluding carboxylic acids is 1. The Labute approximate surface area is 140 Å². The number of rotatable bonds is 4. The smallest absolute Gasteiger partial charge is 0.219 e. The predicted molar refractivity (Wildman–Crippen MR) is 94.6 cm³/mol. The van der Waals surface area contributed by atoms with Crippen LogP contribution < -0.4 is 5.32 Å². The van der Waals surface area contributed by atoms with Gasteiger partial charge in [0.25, 0.3) is 0 Å². The molecule has 0 aromatic heterocycles. The van der Waals surface area contributed by atoms with Gasteiger partial charge in [0.1, 0.15) is 0 Å². The van der Waals surface area contributed by atoms with Gasteiger partial charge in [0.05, 0.1) is 6.54 Å². The molecule has 6 nitrogen and oxygen atoms in total. The summed E-state index contributed by atoms with van der Waals surface area (Å²) >= 11 is 0. The Morgan fingerprint density at radius 2 is 1.87 bits per heavy atom. The van der Waals surface area contributed by atoms with Crippen molar-refractivity contribution in [3.05, 3.63) is 0 Å². The van der Waals surface area contributed by atoms with E-state index in [9.17, 15) is 4.79 Å². The largest absolute Gasteiger partial charge is 0.357 e. The molecule has 1 atom stereocenters. The van der Waals surface area contributed by atoms with Crippen molar-refractivity contribution in [1.29, 1.82) is 0 Å². The molecule has 1 amide bonds. The maximum atomic E-state index is 11.4. The van der Waals surface area contributed by atoms with Crippen molar-refractivity contribution in [2.24, 2.45) is 10.9 Å². The summed E-state index contributed by atoms with van der Waals surface area (Å²) in [6.07, 6.45) is 2.68. The number of piperidine rings is 1. The van der Waals surface area contributed by atoms with Crippen LogP contribution in [-0.2, 0) is 4.79 Å². The first kappa shape index (κ1) is 18.0. The van der Waals surface area contributed by atoms with Crippen LogP contribution in [0.1, 0.15) is 33.6 Å². The number of hydrogen-bond donors (Lipinski definition) is 1. The van der Waals surface area contributed by atoms with E-state index >= 15 is 0 Å². The SMILES string of the molecule is CCNC(=NCCN1CCCC(C)C1)N1CCN(C(C)=O)CC1. The highest BCUT2D eigenvalue weighted by Gasteiger charge is 2.21. The molecule has 0 radical (unpaired) electrons. The Morgan fingerprint density at radius 3 is 2.48 bits per heavy atom. The summed E-state index contributed by atoms with van der Waals surface area (Å²) < 4.78 is 0. The number of amides is 1. The zero-order chi connectivity index (χ0) is 16.7. The van der Waals surface area contributed by atoms with Crippen molar-refractivity contribution < 1.29 is 4.79 Å². The fraction of sp³-hybridized carbons (Fsp3) is 0.882. The quantitative estimate of drug-likeness (QED) is 0.615. The summed E-state index contributed by atoms with van der Waals surface area (Å²) in [6.45, 7) is 14.6. The zero-order valence-corrected chi connectivity index (χ0v) is 15.1. The Bertz CT molecular complexity index is 404. The summed E-state index contributed by atoms with van der Waals surface area (Å²) in [5.41, 5.74) is 0. The average molecular weight is 323 g/mol. The molecule has 1 N–H and O–H groups in total. The average Bonchev–Trinajstić information content (AvgIpc) is 2.54. The van der Waals surface area contributed by atoms with Crippen molar-refractivity contribution in [2.75, 3.05) is 58.9 Å². The number of nitrogens with one attached hydrogen (secondary N) is 1. The number of hydrogen-bond acceptors (Lipinski definition) is 3. The van der Waals surface area contributed by atoms with Gasteiger partial charge in [-0.15, -0.1) is 0 Å². The van der Waals surface area contributed by atoms with Crippen LogP contribution in [0.4, 0.5) is 0 Å². The maximum Gasteiger partial charge on any atom is 0.219 e. The van der Waals surface area contributed by atoms with Gasteiger partial charge in [-0.1, -0.05) is 6.92 Å². The molecule has 0 spiro atoms. The maximum absolute atomic E-state index is 11.4. The molecule has 6 heteroatoms. The van der Waals surface area contributed by atoms with Gasteiger partial charge in [0.2, 0.25) is 5.91 Å². The summed E-state index contributed by atoms with van der Waals surface area (Å²) in [5, 5.41) is 3.40. The van der Waals surface area contributed by atoms with Crippen LogP contribution in [0.15, 0.2) is 4.99 Å². The van der Waals surface area contributed by atoms with Crippen molar-refractivity contribution in [3.8, 4) is 0 Å². The monoisotopic (exact) mass is 323 g/mol. The van der Waals surface area contributed by atoms with Crippen LogP contribution in [0.3, 0.4) is 0 Å². The van der Waals surface area contributed by atoms with Crippen molar-refractivity contribution in [3.63, 3.8) is 0 Å². The third kappa shape index (κ3) is 5.68. The van der Waals surface area contributed by atoms with E-state index in [2.05, 4.69) is 29.0 Å². The third-order valence-corrected chi connectivity index (χ3v) is 4.78. The van der Waals surface area contributed by atoms with Crippen molar-refractivity contribution in [1.82, 2.24) is 20.0 Å². The van der Waals surface area contributed by atoms with Crippen molar-refractivity contribution >= 4 is 11.9 Å². The van der Waals surface area contributed by atoms with Crippen LogP contribution >= 0.6 is 0 Å². The van der Waals surface area contributed by atoms with Crippen LogP contribution in [0.25, 0.3) is 0 Å². The second-order valence-corrected chi connectivity index (χ2v) is 6.78. The van der Waals surface area contributed by atoms with Gasteiger partial charge in [-0.2, -0.15) is 0 Å². The predicted octanol–water partition coefficient (Wildman–Crippen LogP) is 0.848. The number of carbonyl (C=O) groups is 1. The van der Waals surface area contributed by atoms with E-state index in [4.69, 9.17) is 4.99 Å². The van der Waals surface area contributed by atoms with Crippen LogP contribution in [-0.4, -0.2) is 85.5 Å². The highest BCUT2D eigenvalue weighted by Crippen LogP contribution is 2.14. The first-order valence-corrected chi connectivity index (χ1v) is 9.11. The molecule has 1 unspecified atom stereocenters. The van der Waals surface area contributed by atoms with E-state index in [0.29, 0.717) is 0 Å². The second-order valence-electron chi connectivity index (χ2n) is 6.78.